The Labute approximate surface area is 166 Å². The fourth-order valence-electron chi connectivity index (χ4n) is 2.14. The molecular weight excluding hydrogens is 408 g/mol. The maximum Gasteiger partial charge on any atom is 0.414 e. The van der Waals surface area contributed by atoms with Gasteiger partial charge in [-0.2, -0.15) is 5.10 Å². The average Bonchev–Trinajstić information content (AvgIpc) is 3.28. The zero-order valence-corrected chi connectivity index (χ0v) is 16.0. The molecule has 3 heterocycles. The summed E-state index contributed by atoms with van der Waals surface area (Å²) in [5, 5.41) is 10.1. The standard InChI is InChI=1S/C17H15F2N5O4S/c1-9(17(2,18)19)28-16(27)23-14(26)11-4-6-29-15(11)22-13(25)10-7-20-12-3-5-21-24(12)8-10/h3-9H,1-2H3,(H,22,25)(H,23,26,27). The summed E-state index contributed by atoms with van der Waals surface area (Å²) in [6.07, 6.45) is 1.31. The number of nitrogens with one attached hydrogen (secondary N) is 2. The van der Waals surface area contributed by atoms with E-state index in [0.29, 0.717) is 12.6 Å². The van der Waals surface area contributed by atoms with Gasteiger partial charge in [-0.15, -0.1) is 11.3 Å². The van der Waals surface area contributed by atoms with Crippen molar-refractivity contribution in [1.82, 2.24) is 19.9 Å². The van der Waals surface area contributed by atoms with E-state index >= 15 is 0 Å². The average molecular weight is 423 g/mol. The van der Waals surface area contributed by atoms with Gasteiger partial charge in [0.2, 0.25) is 0 Å². The van der Waals surface area contributed by atoms with Crippen LogP contribution < -0.4 is 10.6 Å². The maximum atomic E-state index is 13.1. The first-order valence-corrected chi connectivity index (χ1v) is 9.11. The van der Waals surface area contributed by atoms with Gasteiger partial charge >= 0.3 is 6.09 Å². The molecule has 0 fully saturated rings. The van der Waals surface area contributed by atoms with E-state index in [0.717, 1.165) is 18.3 Å². The number of anilines is 1. The molecule has 3 amide bonds. The molecule has 0 radical (unpaired) electrons. The number of alkyl halides is 2. The van der Waals surface area contributed by atoms with Crippen LogP contribution in [0.5, 0.6) is 0 Å². The number of carbonyl (C=O) groups is 3. The van der Waals surface area contributed by atoms with E-state index in [1.807, 2.05) is 5.32 Å². The van der Waals surface area contributed by atoms with E-state index in [1.165, 1.54) is 34.6 Å². The third-order valence-corrected chi connectivity index (χ3v) is 4.69. The molecule has 1 atom stereocenters. The fraction of sp³-hybridized carbons (Fsp3) is 0.235. The molecule has 152 valence electrons. The minimum Gasteiger partial charge on any atom is -0.440 e. The van der Waals surface area contributed by atoms with Crippen LogP contribution in [-0.2, 0) is 4.74 Å². The van der Waals surface area contributed by atoms with Crippen molar-refractivity contribution in [1.29, 1.82) is 0 Å². The largest absolute Gasteiger partial charge is 0.440 e. The number of ether oxygens (including phenoxy) is 1. The first-order valence-electron chi connectivity index (χ1n) is 8.23. The number of hydrogen-bond acceptors (Lipinski definition) is 7. The molecule has 0 aliphatic carbocycles. The highest BCUT2D eigenvalue weighted by atomic mass is 32.1. The summed E-state index contributed by atoms with van der Waals surface area (Å²) in [4.78, 5) is 40.4. The van der Waals surface area contributed by atoms with Crippen molar-refractivity contribution in [2.24, 2.45) is 0 Å². The highest BCUT2D eigenvalue weighted by molar-refractivity contribution is 7.14. The molecule has 1 unspecified atom stereocenters. The number of thiophene rings is 1. The number of amides is 3. The predicted octanol–water partition coefficient (Wildman–Crippen LogP) is 2.95. The first-order chi connectivity index (χ1) is 13.6. The van der Waals surface area contributed by atoms with Crippen LogP contribution in [0.1, 0.15) is 34.6 Å². The number of hydrogen-bond donors (Lipinski definition) is 2. The summed E-state index contributed by atoms with van der Waals surface area (Å²) in [5.41, 5.74) is 0.729. The van der Waals surface area contributed by atoms with Gasteiger partial charge in [0.05, 0.1) is 17.3 Å². The Morgan fingerprint density at radius 1 is 1.28 bits per heavy atom. The third-order valence-electron chi connectivity index (χ3n) is 3.86. The molecule has 2 N–H and O–H groups in total. The van der Waals surface area contributed by atoms with E-state index in [-0.39, 0.29) is 16.1 Å². The van der Waals surface area contributed by atoms with Gasteiger partial charge < -0.3 is 10.1 Å². The predicted molar refractivity (Wildman–Crippen MR) is 99.3 cm³/mol. The zero-order valence-electron chi connectivity index (χ0n) is 15.2. The molecular formula is C17H15F2N5O4S. The van der Waals surface area contributed by atoms with Gasteiger partial charge in [0.1, 0.15) is 5.00 Å². The monoisotopic (exact) mass is 423 g/mol. The maximum absolute atomic E-state index is 13.1. The van der Waals surface area contributed by atoms with E-state index in [1.54, 1.807) is 6.07 Å². The van der Waals surface area contributed by atoms with Crippen molar-refractivity contribution in [2.75, 3.05) is 5.32 Å². The van der Waals surface area contributed by atoms with Crippen LogP contribution in [0.3, 0.4) is 0 Å². The topological polar surface area (TPSA) is 115 Å². The molecule has 0 aromatic carbocycles. The van der Waals surface area contributed by atoms with Gasteiger partial charge in [-0.25, -0.2) is 23.1 Å². The Hall–Kier alpha value is -3.41. The van der Waals surface area contributed by atoms with Gasteiger partial charge in [0.15, 0.2) is 11.8 Å². The van der Waals surface area contributed by atoms with Crippen molar-refractivity contribution in [3.8, 4) is 0 Å². The molecule has 0 spiro atoms. The van der Waals surface area contributed by atoms with Gasteiger partial charge in [-0.05, 0) is 18.4 Å². The lowest BCUT2D eigenvalue weighted by Gasteiger charge is -2.19. The number of nitrogens with zero attached hydrogens (tertiary/aromatic N) is 3. The highest BCUT2D eigenvalue weighted by Gasteiger charge is 2.34. The van der Waals surface area contributed by atoms with Crippen molar-refractivity contribution in [3.05, 3.63) is 47.2 Å². The molecule has 0 saturated heterocycles. The lowest BCUT2D eigenvalue weighted by molar-refractivity contribution is -0.0877. The van der Waals surface area contributed by atoms with E-state index in [9.17, 15) is 23.2 Å². The molecule has 29 heavy (non-hydrogen) atoms. The van der Waals surface area contributed by atoms with Crippen molar-refractivity contribution in [3.63, 3.8) is 0 Å². The second kappa shape index (κ2) is 7.91. The van der Waals surface area contributed by atoms with Crippen LogP contribution in [0.15, 0.2) is 36.1 Å². The Kier molecular flexibility index (Phi) is 5.55. The smallest absolute Gasteiger partial charge is 0.414 e. The van der Waals surface area contributed by atoms with E-state index in [4.69, 9.17) is 0 Å². The molecule has 3 aromatic heterocycles. The van der Waals surface area contributed by atoms with Crippen LogP contribution in [0.2, 0.25) is 0 Å². The normalized spacial score (nSPS) is 12.4. The minimum absolute atomic E-state index is 0.0238. The number of imide groups is 1. The lowest BCUT2D eigenvalue weighted by atomic mass is 10.2. The molecule has 12 heteroatoms. The van der Waals surface area contributed by atoms with Gasteiger partial charge in [0.25, 0.3) is 17.7 Å². The first kappa shape index (κ1) is 20.3. The van der Waals surface area contributed by atoms with Crippen LogP contribution in [-0.4, -0.2) is 44.5 Å². The zero-order chi connectivity index (χ0) is 21.2. The van der Waals surface area contributed by atoms with E-state index < -0.39 is 29.9 Å². The summed E-state index contributed by atoms with van der Waals surface area (Å²) in [5.74, 6) is -4.71. The number of aromatic nitrogens is 3. The van der Waals surface area contributed by atoms with Crippen LogP contribution in [0.4, 0.5) is 18.6 Å². The second-order valence-corrected chi connectivity index (χ2v) is 6.97. The van der Waals surface area contributed by atoms with Crippen molar-refractivity contribution >= 4 is 39.9 Å². The number of alkyl carbamates (subject to hydrolysis) is 1. The summed E-state index contributed by atoms with van der Waals surface area (Å²) < 4.78 is 32.1. The Morgan fingerprint density at radius 2 is 2.03 bits per heavy atom. The quantitative estimate of drug-likeness (QED) is 0.652. The van der Waals surface area contributed by atoms with Gasteiger partial charge in [-0.3, -0.25) is 14.9 Å². The highest BCUT2D eigenvalue weighted by Crippen LogP contribution is 2.24. The molecule has 0 aliphatic heterocycles. The van der Waals surface area contributed by atoms with Crippen molar-refractivity contribution < 1.29 is 27.9 Å². The number of rotatable bonds is 5. The van der Waals surface area contributed by atoms with Gasteiger partial charge in [-0.1, -0.05) is 0 Å². The SMILES string of the molecule is CC(OC(=O)NC(=O)c1ccsc1NC(=O)c1cnc2ccnn2c1)C(C)(F)F. The molecule has 3 aromatic rings. The van der Waals surface area contributed by atoms with E-state index in [2.05, 4.69) is 20.1 Å². The lowest BCUT2D eigenvalue weighted by Crippen LogP contribution is -2.38. The third kappa shape index (κ3) is 4.71. The van der Waals surface area contributed by atoms with Crippen LogP contribution >= 0.6 is 11.3 Å². The number of fused-ring (bicyclic) bond motifs is 1. The van der Waals surface area contributed by atoms with Crippen LogP contribution in [0.25, 0.3) is 5.65 Å². The molecule has 0 aliphatic rings. The molecule has 3 rings (SSSR count). The van der Waals surface area contributed by atoms with Crippen molar-refractivity contribution in [2.45, 2.75) is 25.9 Å². The second-order valence-electron chi connectivity index (χ2n) is 6.05. The summed E-state index contributed by atoms with van der Waals surface area (Å²) in [6.45, 7) is 1.60. The Bertz CT molecular complexity index is 1080. The summed E-state index contributed by atoms with van der Waals surface area (Å²) in [6, 6.07) is 3.04. The molecule has 0 saturated carbocycles. The number of carbonyl (C=O) groups excluding carboxylic acids is 3. The summed E-state index contributed by atoms with van der Waals surface area (Å²) in [7, 11) is 0. The summed E-state index contributed by atoms with van der Waals surface area (Å²) >= 11 is 1.04. The minimum atomic E-state index is -3.26. The Morgan fingerprint density at radius 3 is 2.76 bits per heavy atom. The molecule has 9 nitrogen and oxygen atoms in total. The van der Waals surface area contributed by atoms with Crippen LogP contribution in [0, 0.1) is 0 Å². The number of halogens is 2. The van der Waals surface area contributed by atoms with Gasteiger partial charge in [0, 0.05) is 25.4 Å². The Balaban J connectivity index is 1.67. The fourth-order valence-corrected chi connectivity index (χ4v) is 2.92. The molecule has 0 bridgehead atoms.